The van der Waals surface area contributed by atoms with Gasteiger partial charge in [-0.1, -0.05) is 12.8 Å². The number of thiophene rings is 1. The van der Waals surface area contributed by atoms with Gasteiger partial charge in [-0.15, -0.1) is 11.3 Å². The number of carbonyl (C=O) groups excluding carboxylic acids is 3. The zero-order valence-electron chi connectivity index (χ0n) is 19.8. The molecule has 180 valence electrons. The Kier molecular flexibility index (Phi) is 10.4. The van der Waals surface area contributed by atoms with Crippen LogP contribution in [0.15, 0.2) is 5.38 Å². The Labute approximate surface area is 195 Å². The highest BCUT2D eigenvalue weighted by Gasteiger charge is 2.21. The summed E-state index contributed by atoms with van der Waals surface area (Å²) in [6.07, 6.45) is 5.50. The number of anilines is 1. The van der Waals surface area contributed by atoms with Crippen LogP contribution in [0, 0.1) is 6.92 Å². The summed E-state index contributed by atoms with van der Waals surface area (Å²) in [7, 11) is 0. The molecule has 1 aliphatic heterocycles. The van der Waals surface area contributed by atoms with Crippen molar-refractivity contribution < 1.29 is 23.9 Å². The molecule has 2 heterocycles. The molecule has 1 aromatic rings. The number of rotatable bonds is 9. The molecule has 0 spiro atoms. The van der Waals surface area contributed by atoms with E-state index in [1.807, 2.05) is 33.1 Å². The number of esters is 1. The Balaban J connectivity index is 1.73. The lowest BCUT2D eigenvalue weighted by Gasteiger charge is -2.19. The summed E-state index contributed by atoms with van der Waals surface area (Å²) in [4.78, 5) is 39.3. The maximum Gasteiger partial charge on any atom is 0.407 e. The molecule has 1 fully saturated rings. The van der Waals surface area contributed by atoms with Gasteiger partial charge >= 0.3 is 12.1 Å². The monoisotopic (exact) mass is 467 g/mol. The van der Waals surface area contributed by atoms with Gasteiger partial charge in [0.1, 0.15) is 10.5 Å². The minimum Gasteiger partial charge on any atom is -0.461 e. The summed E-state index contributed by atoms with van der Waals surface area (Å²) < 4.78 is 10.6. The number of hydrogen-bond donors (Lipinski definition) is 2. The highest BCUT2D eigenvalue weighted by Crippen LogP contribution is 2.28. The molecule has 0 atom stereocenters. The van der Waals surface area contributed by atoms with Gasteiger partial charge in [0, 0.05) is 6.54 Å². The van der Waals surface area contributed by atoms with Gasteiger partial charge in [0.15, 0.2) is 0 Å². The van der Waals surface area contributed by atoms with Crippen LogP contribution >= 0.6 is 11.3 Å². The number of ether oxygens (including phenoxy) is 2. The smallest absolute Gasteiger partial charge is 0.407 e. The molecule has 0 saturated carbocycles. The van der Waals surface area contributed by atoms with Crippen LogP contribution in [0.1, 0.15) is 74.5 Å². The third-order valence-corrected chi connectivity index (χ3v) is 6.04. The van der Waals surface area contributed by atoms with Crippen LogP contribution in [0.5, 0.6) is 0 Å². The van der Waals surface area contributed by atoms with E-state index in [2.05, 4.69) is 15.5 Å². The Morgan fingerprint density at radius 3 is 2.44 bits per heavy atom. The average molecular weight is 468 g/mol. The SMILES string of the molecule is Cc1csc(C(=O)OCCCCNC(=O)OC(C)(C)C)c1NC(=O)CN1CCCCCC1. The Morgan fingerprint density at radius 1 is 1.09 bits per heavy atom. The van der Waals surface area contributed by atoms with Crippen molar-refractivity contribution in [1.29, 1.82) is 0 Å². The van der Waals surface area contributed by atoms with E-state index in [9.17, 15) is 14.4 Å². The first-order valence-corrected chi connectivity index (χ1v) is 12.3. The molecule has 0 radical (unpaired) electrons. The quantitative estimate of drug-likeness (QED) is 0.414. The van der Waals surface area contributed by atoms with E-state index in [4.69, 9.17) is 9.47 Å². The summed E-state index contributed by atoms with van der Waals surface area (Å²) in [6, 6.07) is 0. The topological polar surface area (TPSA) is 97.0 Å². The van der Waals surface area contributed by atoms with Crippen LogP contribution in [0.2, 0.25) is 0 Å². The van der Waals surface area contributed by atoms with Crippen molar-refractivity contribution in [3.05, 3.63) is 15.8 Å². The van der Waals surface area contributed by atoms with E-state index < -0.39 is 17.7 Å². The fourth-order valence-corrected chi connectivity index (χ4v) is 4.29. The molecule has 32 heavy (non-hydrogen) atoms. The first kappa shape index (κ1) is 26.1. The maximum atomic E-state index is 12.5. The minimum absolute atomic E-state index is 0.101. The van der Waals surface area contributed by atoms with E-state index in [1.54, 1.807) is 0 Å². The van der Waals surface area contributed by atoms with Crippen molar-refractivity contribution in [3.8, 4) is 0 Å². The van der Waals surface area contributed by atoms with E-state index in [-0.39, 0.29) is 12.5 Å². The Morgan fingerprint density at radius 2 is 1.78 bits per heavy atom. The lowest BCUT2D eigenvalue weighted by molar-refractivity contribution is -0.117. The molecule has 2 rings (SSSR count). The molecular weight excluding hydrogens is 430 g/mol. The van der Waals surface area contributed by atoms with E-state index in [0.717, 1.165) is 31.5 Å². The van der Waals surface area contributed by atoms with Gasteiger partial charge < -0.3 is 20.1 Å². The second-order valence-electron chi connectivity index (χ2n) is 9.13. The maximum absolute atomic E-state index is 12.5. The molecule has 0 bridgehead atoms. The van der Waals surface area contributed by atoms with Gasteiger partial charge in [-0.25, -0.2) is 9.59 Å². The first-order chi connectivity index (χ1) is 15.2. The van der Waals surface area contributed by atoms with Gasteiger partial charge in [0.2, 0.25) is 5.91 Å². The normalized spacial score (nSPS) is 15.0. The van der Waals surface area contributed by atoms with E-state index >= 15 is 0 Å². The number of nitrogens with zero attached hydrogens (tertiary/aromatic N) is 1. The fraction of sp³-hybridized carbons (Fsp3) is 0.696. The number of hydrogen-bond acceptors (Lipinski definition) is 7. The van der Waals surface area contributed by atoms with E-state index in [1.165, 1.54) is 24.2 Å². The Bertz CT molecular complexity index is 764. The third kappa shape index (κ3) is 9.56. The molecule has 0 unspecified atom stereocenters. The van der Waals surface area contributed by atoms with Crippen molar-refractivity contribution >= 4 is 35.0 Å². The Hall–Kier alpha value is -2.13. The van der Waals surface area contributed by atoms with Gasteiger partial charge in [0.05, 0.1) is 18.8 Å². The lowest BCUT2D eigenvalue weighted by Crippen LogP contribution is -2.34. The molecular formula is C23H37N3O5S. The van der Waals surface area contributed by atoms with Crippen LogP contribution in [0.4, 0.5) is 10.5 Å². The molecule has 1 aromatic heterocycles. The third-order valence-electron chi connectivity index (χ3n) is 4.96. The predicted octanol–water partition coefficient (Wildman–Crippen LogP) is 4.33. The zero-order valence-corrected chi connectivity index (χ0v) is 20.6. The summed E-state index contributed by atoms with van der Waals surface area (Å²) >= 11 is 1.28. The molecule has 1 saturated heterocycles. The number of amides is 2. The highest BCUT2D eigenvalue weighted by atomic mass is 32.1. The summed E-state index contributed by atoms with van der Waals surface area (Å²) in [5.41, 5.74) is 0.873. The van der Waals surface area contributed by atoms with Crippen molar-refractivity contribution in [2.75, 3.05) is 38.1 Å². The molecule has 9 heteroatoms. The molecule has 2 amide bonds. The largest absolute Gasteiger partial charge is 0.461 e. The van der Waals surface area contributed by atoms with Crippen LogP contribution in [-0.4, -0.2) is 61.3 Å². The molecule has 2 N–H and O–H groups in total. The average Bonchev–Trinajstić information content (AvgIpc) is 2.89. The number of unbranched alkanes of at least 4 members (excludes halogenated alkanes) is 1. The van der Waals surface area contributed by atoms with Crippen molar-refractivity contribution in [3.63, 3.8) is 0 Å². The zero-order chi connectivity index (χ0) is 23.6. The molecule has 1 aliphatic rings. The number of nitrogens with one attached hydrogen (secondary N) is 2. The summed E-state index contributed by atoms with van der Waals surface area (Å²) in [5, 5.41) is 7.45. The van der Waals surface area contributed by atoms with Gasteiger partial charge in [-0.2, -0.15) is 0 Å². The van der Waals surface area contributed by atoms with Crippen molar-refractivity contribution in [2.24, 2.45) is 0 Å². The molecule has 0 aliphatic carbocycles. The molecule has 8 nitrogen and oxygen atoms in total. The highest BCUT2D eigenvalue weighted by molar-refractivity contribution is 7.12. The fourth-order valence-electron chi connectivity index (χ4n) is 3.39. The van der Waals surface area contributed by atoms with Gasteiger partial charge in [-0.3, -0.25) is 9.69 Å². The number of carbonyl (C=O) groups is 3. The second-order valence-corrected chi connectivity index (χ2v) is 10.0. The van der Waals surface area contributed by atoms with Crippen LogP contribution < -0.4 is 10.6 Å². The lowest BCUT2D eigenvalue weighted by atomic mass is 10.2. The predicted molar refractivity (Wildman–Crippen MR) is 126 cm³/mol. The summed E-state index contributed by atoms with van der Waals surface area (Å²) in [6.45, 7) is 10.2. The van der Waals surface area contributed by atoms with Crippen LogP contribution in [0.3, 0.4) is 0 Å². The van der Waals surface area contributed by atoms with E-state index in [0.29, 0.717) is 36.5 Å². The van der Waals surface area contributed by atoms with Crippen LogP contribution in [-0.2, 0) is 14.3 Å². The summed E-state index contributed by atoms with van der Waals surface area (Å²) in [5.74, 6) is -0.538. The number of alkyl carbamates (subject to hydrolysis) is 1. The van der Waals surface area contributed by atoms with Crippen LogP contribution in [0.25, 0.3) is 0 Å². The minimum atomic E-state index is -0.529. The van der Waals surface area contributed by atoms with Gasteiger partial charge in [-0.05, 0) is 77.4 Å². The van der Waals surface area contributed by atoms with Gasteiger partial charge in [0.25, 0.3) is 0 Å². The standard InChI is InChI=1S/C23H37N3O5S/c1-17-16-32-20(19(17)25-18(27)15-26-12-8-5-6-9-13-26)21(28)30-14-10-7-11-24-22(29)31-23(2,3)4/h16H,5-15H2,1-4H3,(H,24,29)(H,25,27). The number of likely N-dealkylation sites (tertiary alicyclic amines) is 1. The number of aryl methyl sites for hydroxylation is 1. The van der Waals surface area contributed by atoms with Crippen molar-refractivity contribution in [1.82, 2.24) is 10.2 Å². The second kappa shape index (κ2) is 12.8. The first-order valence-electron chi connectivity index (χ1n) is 11.4. The van der Waals surface area contributed by atoms with Crippen molar-refractivity contribution in [2.45, 2.75) is 71.8 Å². The molecule has 0 aromatic carbocycles.